The van der Waals surface area contributed by atoms with Gasteiger partial charge in [-0.05, 0) is 18.6 Å². The molecule has 0 fully saturated rings. The monoisotopic (exact) mass is 369 g/mol. The first kappa shape index (κ1) is 18.2. The van der Waals surface area contributed by atoms with E-state index in [2.05, 4.69) is 15.4 Å². The van der Waals surface area contributed by atoms with E-state index in [1.807, 2.05) is 10.8 Å². The minimum absolute atomic E-state index is 0.233. The number of aryl methyl sites for hydroxylation is 1. The summed E-state index contributed by atoms with van der Waals surface area (Å²) in [4.78, 5) is 28.5. The molecule has 0 bridgehead atoms. The largest absolute Gasteiger partial charge is 0.505 e. The van der Waals surface area contributed by atoms with Crippen molar-refractivity contribution >= 4 is 5.91 Å². The number of benzene rings is 1. The maximum Gasteiger partial charge on any atom is 0.275 e. The Labute approximate surface area is 154 Å². The second kappa shape index (κ2) is 8.17. The third kappa shape index (κ3) is 4.14. The molecule has 3 rings (SSSR count). The molecule has 0 saturated carbocycles. The van der Waals surface area contributed by atoms with Gasteiger partial charge in [-0.3, -0.25) is 9.59 Å². The highest BCUT2D eigenvalue weighted by Crippen LogP contribution is 2.21. The summed E-state index contributed by atoms with van der Waals surface area (Å²) < 4.78 is 8.15. The van der Waals surface area contributed by atoms with E-state index in [4.69, 9.17) is 4.74 Å². The maximum absolute atomic E-state index is 12.4. The number of methoxy groups -OCH3 is 1. The summed E-state index contributed by atoms with van der Waals surface area (Å²) in [5, 5.41) is 16.7. The molecule has 0 aliphatic rings. The van der Waals surface area contributed by atoms with Gasteiger partial charge in [-0.1, -0.05) is 12.1 Å². The fourth-order valence-electron chi connectivity index (χ4n) is 2.55. The molecule has 2 N–H and O–H groups in total. The van der Waals surface area contributed by atoms with Crippen LogP contribution in [0.5, 0.6) is 11.5 Å². The van der Waals surface area contributed by atoms with Crippen LogP contribution in [0, 0.1) is 0 Å². The third-order valence-corrected chi connectivity index (χ3v) is 3.88. The Hall–Kier alpha value is -3.62. The van der Waals surface area contributed by atoms with Crippen molar-refractivity contribution in [1.82, 2.24) is 24.6 Å². The fraction of sp³-hybridized carbons (Fsp3) is 0.222. The number of hydrogen-bond acceptors (Lipinski definition) is 6. The van der Waals surface area contributed by atoms with Crippen LogP contribution in [-0.4, -0.2) is 44.0 Å². The Bertz CT molecular complexity index is 982. The highest BCUT2D eigenvalue weighted by Gasteiger charge is 2.17. The summed E-state index contributed by atoms with van der Waals surface area (Å²) in [5.74, 6) is -0.621. The standard InChI is InChI=1S/C18H19N5O4/c1-27-15-6-3-2-5-13(15)23-16(25)11-14(24)17(21-23)18(26)20-7-4-9-22-10-8-19-12-22/h2-3,5-6,8,10-12,24H,4,7,9H2,1H3,(H,20,26). The van der Waals surface area contributed by atoms with Crippen LogP contribution in [0.2, 0.25) is 0 Å². The van der Waals surface area contributed by atoms with E-state index in [0.29, 0.717) is 30.9 Å². The first-order chi connectivity index (χ1) is 13.1. The Morgan fingerprint density at radius 2 is 2.15 bits per heavy atom. The molecule has 0 atom stereocenters. The number of ether oxygens (including phenoxy) is 1. The molecule has 1 aromatic carbocycles. The summed E-state index contributed by atoms with van der Waals surface area (Å²) in [6.45, 7) is 1.08. The SMILES string of the molecule is COc1ccccc1-n1nc(C(=O)NCCCn2ccnc2)c(O)cc1=O. The third-order valence-electron chi connectivity index (χ3n) is 3.88. The number of hydrogen-bond donors (Lipinski definition) is 2. The molecule has 1 amide bonds. The zero-order chi connectivity index (χ0) is 19.2. The Kier molecular flexibility index (Phi) is 5.50. The lowest BCUT2D eigenvalue weighted by molar-refractivity contribution is 0.0942. The molecule has 0 spiro atoms. The van der Waals surface area contributed by atoms with E-state index < -0.39 is 17.2 Å². The van der Waals surface area contributed by atoms with Crippen LogP contribution in [0.15, 0.2) is 53.8 Å². The molecule has 0 aliphatic heterocycles. The van der Waals surface area contributed by atoms with Gasteiger partial charge in [-0.2, -0.15) is 9.78 Å². The molecule has 0 unspecified atom stereocenters. The average Bonchev–Trinajstić information content (AvgIpc) is 3.19. The number of aromatic nitrogens is 4. The molecule has 0 aliphatic carbocycles. The number of amides is 1. The molecule has 2 heterocycles. The van der Waals surface area contributed by atoms with E-state index in [1.165, 1.54) is 7.11 Å². The van der Waals surface area contributed by atoms with Gasteiger partial charge in [0.15, 0.2) is 11.4 Å². The molecule has 27 heavy (non-hydrogen) atoms. The highest BCUT2D eigenvalue weighted by molar-refractivity contribution is 5.94. The number of imidazole rings is 1. The molecule has 9 nitrogen and oxygen atoms in total. The van der Waals surface area contributed by atoms with Gasteiger partial charge in [0.1, 0.15) is 11.4 Å². The first-order valence-corrected chi connectivity index (χ1v) is 8.31. The second-order valence-electron chi connectivity index (χ2n) is 5.71. The summed E-state index contributed by atoms with van der Waals surface area (Å²) in [6.07, 6.45) is 5.88. The van der Waals surface area contributed by atoms with Crippen LogP contribution in [0.1, 0.15) is 16.9 Å². The van der Waals surface area contributed by atoms with Crippen LogP contribution in [-0.2, 0) is 6.54 Å². The zero-order valence-corrected chi connectivity index (χ0v) is 14.7. The van der Waals surface area contributed by atoms with Crippen LogP contribution >= 0.6 is 0 Å². The molecule has 2 aromatic heterocycles. The molecule has 0 saturated heterocycles. The van der Waals surface area contributed by atoms with Crippen molar-refractivity contribution in [2.45, 2.75) is 13.0 Å². The number of aromatic hydroxyl groups is 1. The first-order valence-electron chi connectivity index (χ1n) is 8.31. The second-order valence-corrected chi connectivity index (χ2v) is 5.71. The van der Waals surface area contributed by atoms with Gasteiger partial charge in [-0.15, -0.1) is 0 Å². The minimum Gasteiger partial charge on any atom is -0.505 e. The van der Waals surface area contributed by atoms with Crippen molar-refractivity contribution in [3.8, 4) is 17.2 Å². The number of nitrogens with zero attached hydrogens (tertiary/aromatic N) is 4. The number of rotatable bonds is 7. The molecule has 9 heteroatoms. The normalized spacial score (nSPS) is 10.6. The van der Waals surface area contributed by atoms with Crippen LogP contribution in [0.25, 0.3) is 5.69 Å². The lowest BCUT2D eigenvalue weighted by atomic mass is 10.3. The Balaban J connectivity index is 1.77. The van der Waals surface area contributed by atoms with Crippen LogP contribution < -0.4 is 15.6 Å². The zero-order valence-electron chi connectivity index (χ0n) is 14.7. The van der Waals surface area contributed by atoms with Crippen LogP contribution in [0.4, 0.5) is 0 Å². The molecule has 3 aromatic rings. The van der Waals surface area contributed by atoms with Gasteiger partial charge < -0.3 is 19.7 Å². The van der Waals surface area contributed by atoms with Crippen molar-refractivity contribution in [1.29, 1.82) is 0 Å². The lowest BCUT2D eigenvalue weighted by Gasteiger charge is -2.12. The molecule has 0 radical (unpaired) electrons. The smallest absolute Gasteiger partial charge is 0.275 e. The van der Waals surface area contributed by atoms with Crippen molar-refractivity contribution in [2.24, 2.45) is 0 Å². The quantitative estimate of drug-likeness (QED) is 0.600. The van der Waals surface area contributed by atoms with Gasteiger partial charge >= 0.3 is 0 Å². The van der Waals surface area contributed by atoms with Crippen LogP contribution in [0.3, 0.4) is 0 Å². The summed E-state index contributed by atoms with van der Waals surface area (Å²) in [7, 11) is 1.47. The summed E-state index contributed by atoms with van der Waals surface area (Å²) in [6, 6.07) is 7.74. The summed E-state index contributed by atoms with van der Waals surface area (Å²) >= 11 is 0. The maximum atomic E-state index is 12.4. The number of carbonyl (C=O) groups excluding carboxylic acids is 1. The summed E-state index contributed by atoms with van der Waals surface area (Å²) in [5.41, 5.74) is -0.434. The van der Waals surface area contributed by atoms with Gasteiger partial charge in [0.25, 0.3) is 11.5 Å². The lowest BCUT2D eigenvalue weighted by Crippen LogP contribution is -2.30. The van der Waals surface area contributed by atoms with Crippen molar-refractivity contribution < 1.29 is 14.6 Å². The van der Waals surface area contributed by atoms with Crippen molar-refractivity contribution in [3.63, 3.8) is 0 Å². The van der Waals surface area contributed by atoms with E-state index in [9.17, 15) is 14.7 Å². The van der Waals surface area contributed by atoms with Crippen molar-refractivity contribution in [2.75, 3.05) is 13.7 Å². The number of para-hydroxylation sites is 2. The van der Waals surface area contributed by atoms with Gasteiger partial charge in [-0.25, -0.2) is 4.98 Å². The van der Waals surface area contributed by atoms with Gasteiger partial charge in [0.2, 0.25) is 0 Å². The average molecular weight is 369 g/mol. The van der Waals surface area contributed by atoms with E-state index >= 15 is 0 Å². The highest BCUT2D eigenvalue weighted by atomic mass is 16.5. The number of carbonyl (C=O) groups is 1. The molecular formula is C18H19N5O4. The minimum atomic E-state index is -0.575. The van der Waals surface area contributed by atoms with E-state index in [1.54, 1.807) is 36.8 Å². The Morgan fingerprint density at radius 3 is 2.89 bits per heavy atom. The number of nitrogens with one attached hydrogen (secondary N) is 1. The fourth-order valence-corrected chi connectivity index (χ4v) is 2.55. The van der Waals surface area contributed by atoms with E-state index in [-0.39, 0.29) is 5.69 Å². The van der Waals surface area contributed by atoms with Gasteiger partial charge in [0, 0.05) is 31.5 Å². The predicted octanol–water partition coefficient (Wildman–Crippen LogP) is 0.963. The predicted molar refractivity (Wildman–Crippen MR) is 97.2 cm³/mol. The van der Waals surface area contributed by atoms with E-state index in [0.717, 1.165) is 10.7 Å². The molecular weight excluding hydrogens is 350 g/mol. The topological polar surface area (TPSA) is 111 Å². The van der Waals surface area contributed by atoms with Gasteiger partial charge in [0.05, 0.1) is 13.4 Å². The molecule has 140 valence electrons. The van der Waals surface area contributed by atoms with Crippen molar-refractivity contribution in [3.05, 3.63) is 65.1 Å². The Morgan fingerprint density at radius 1 is 1.33 bits per heavy atom.